The molecule has 6 nitrogen and oxygen atoms in total. The van der Waals surface area contributed by atoms with Gasteiger partial charge in [-0.05, 0) is 29.3 Å². The van der Waals surface area contributed by atoms with Crippen LogP contribution in [0.3, 0.4) is 0 Å². The van der Waals surface area contributed by atoms with Crippen molar-refractivity contribution in [2.75, 3.05) is 0 Å². The Morgan fingerprint density at radius 3 is 1.78 bits per heavy atom. The minimum Gasteiger partial charge on any atom is -0.273 e. The number of carbonyl (C=O) groups excluding carboxylic acids is 2. The molecule has 2 aromatic rings. The van der Waals surface area contributed by atoms with Gasteiger partial charge in [0.15, 0.2) is 0 Å². The largest absolute Gasteiger partial charge is 0.273 e. The lowest BCUT2D eigenvalue weighted by molar-refractivity contribution is -0.122. The first-order valence-corrected chi connectivity index (χ1v) is 8.71. The average Bonchev–Trinajstić information content (AvgIpc) is 3.20. The topological polar surface area (TPSA) is 82.9 Å². The lowest BCUT2D eigenvalue weighted by Gasteiger charge is -2.00. The highest BCUT2D eigenvalue weighted by molar-refractivity contribution is 7.12. The average molecular weight is 348 g/mol. The molecule has 0 aliphatic rings. The summed E-state index contributed by atoms with van der Waals surface area (Å²) in [6.07, 6.45) is 4.11. The molecule has 2 N–H and O–H groups in total. The highest BCUT2D eigenvalue weighted by Gasteiger charge is 2.03. The first kappa shape index (κ1) is 17.0. The van der Waals surface area contributed by atoms with Crippen LogP contribution in [0.15, 0.2) is 45.2 Å². The molecule has 2 aromatic heterocycles. The molecule has 120 valence electrons. The van der Waals surface area contributed by atoms with Crippen molar-refractivity contribution in [3.05, 3.63) is 44.8 Å². The van der Waals surface area contributed by atoms with E-state index >= 15 is 0 Å². The van der Waals surface area contributed by atoms with Crippen LogP contribution in [0.5, 0.6) is 0 Å². The van der Waals surface area contributed by atoms with Crippen LogP contribution >= 0.6 is 22.7 Å². The second kappa shape index (κ2) is 9.65. The van der Waals surface area contributed by atoms with Gasteiger partial charge in [-0.1, -0.05) is 12.1 Å². The van der Waals surface area contributed by atoms with Crippen molar-refractivity contribution < 1.29 is 9.59 Å². The molecule has 0 aliphatic heterocycles. The summed E-state index contributed by atoms with van der Waals surface area (Å²) in [4.78, 5) is 25.0. The first-order valence-electron chi connectivity index (χ1n) is 6.95. The minimum absolute atomic E-state index is 0.215. The van der Waals surface area contributed by atoms with Crippen molar-refractivity contribution in [2.24, 2.45) is 10.2 Å². The second-order valence-corrected chi connectivity index (χ2v) is 6.43. The van der Waals surface area contributed by atoms with Gasteiger partial charge in [0.1, 0.15) is 0 Å². The second-order valence-electron chi connectivity index (χ2n) is 4.47. The third-order valence-corrected chi connectivity index (χ3v) is 4.27. The molecule has 0 aromatic carbocycles. The third-order valence-electron chi connectivity index (χ3n) is 2.66. The molecule has 2 amide bonds. The predicted molar refractivity (Wildman–Crippen MR) is 94.0 cm³/mol. The number of carbonyl (C=O) groups is 2. The van der Waals surface area contributed by atoms with Gasteiger partial charge in [0.05, 0.1) is 12.4 Å². The number of hydrogen-bond acceptors (Lipinski definition) is 6. The molecule has 0 unspecified atom stereocenters. The molecule has 0 saturated heterocycles. The Kier molecular flexibility index (Phi) is 7.15. The summed E-state index contributed by atoms with van der Waals surface area (Å²) in [5.74, 6) is -0.430. The Bertz CT molecular complexity index is 605. The molecule has 0 bridgehead atoms. The first-order chi connectivity index (χ1) is 11.2. The van der Waals surface area contributed by atoms with Crippen LogP contribution in [0.25, 0.3) is 0 Å². The Morgan fingerprint density at radius 2 is 1.39 bits per heavy atom. The van der Waals surface area contributed by atoms with Gasteiger partial charge in [0, 0.05) is 22.6 Å². The summed E-state index contributed by atoms with van der Waals surface area (Å²) in [6.45, 7) is 0. The molecule has 8 heteroatoms. The molecule has 23 heavy (non-hydrogen) atoms. The van der Waals surface area contributed by atoms with Crippen molar-refractivity contribution in [1.29, 1.82) is 0 Å². The van der Waals surface area contributed by atoms with Gasteiger partial charge in [-0.15, -0.1) is 22.7 Å². The van der Waals surface area contributed by atoms with E-state index in [-0.39, 0.29) is 24.7 Å². The molecule has 0 fully saturated rings. The molecule has 0 spiro atoms. The molecule has 2 heterocycles. The van der Waals surface area contributed by atoms with Gasteiger partial charge in [-0.25, -0.2) is 10.9 Å². The van der Waals surface area contributed by atoms with Crippen LogP contribution in [0.1, 0.15) is 29.0 Å². The van der Waals surface area contributed by atoms with Crippen LogP contribution in [-0.4, -0.2) is 24.2 Å². The summed E-state index contributed by atoms with van der Waals surface area (Å²) in [6, 6.07) is 7.63. The Hall–Kier alpha value is -2.32. The number of hydrogen-bond donors (Lipinski definition) is 2. The van der Waals surface area contributed by atoms with Crippen LogP contribution in [0, 0.1) is 0 Å². The van der Waals surface area contributed by atoms with E-state index in [1.54, 1.807) is 12.4 Å². The van der Waals surface area contributed by atoms with E-state index in [1.807, 2.05) is 35.0 Å². The van der Waals surface area contributed by atoms with Crippen molar-refractivity contribution in [2.45, 2.75) is 19.3 Å². The van der Waals surface area contributed by atoms with Crippen LogP contribution in [0.4, 0.5) is 0 Å². The fraction of sp³-hybridized carbons (Fsp3) is 0.200. The van der Waals surface area contributed by atoms with Gasteiger partial charge in [0.25, 0.3) is 0 Å². The van der Waals surface area contributed by atoms with Gasteiger partial charge in [-0.2, -0.15) is 10.2 Å². The van der Waals surface area contributed by atoms with E-state index in [0.717, 1.165) is 9.75 Å². The summed E-state index contributed by atoms with van der Waals surface area (Å²) in [5, 5.41) is 11.6. The number of amides is 2. The van der Waals surface area contributed by atoms with E-state index in [0.29, 0.717) is 6.42 Å². The van der Waals surface area contributed by atoms with E-state index in [1.165, 1.54) is 22.7 Å². The number of thiophene rings is 2. The van der Waals surface area contributed by atoms with Gasteiger partial charge >= 0.3 is 0 Å². The van der Waals surface area contributed by atoms with Crippen molar-refractivity contribution in [3.8, 4) is 0 Å². The molecular weight excluding hydrogens is 332 g/mol. The quantitative estimate of drug-likeness (QED) is 0.568. The maximum absolute atomic E-state index is 11.5. The molecule has 0 saturated carbocycles. The van der Waals surface area contributed by atoms with E-state index in [4.69, 9.17) is 0 Å². The maximum Gasteiger partial charge on any atom is 0.240 e. The molecule has 2 rings (SSSR count). The highest BCUT2D eigenvalue weighted by atomic mass is 32.1. The fourth-order valence-electron chi connectivity index (χ4n) is 1.59. The zero-order valence-corrected chi connectivity index (χ0v) is 13.9. The predicted octanol–water partition coefficient (Wildman–Crippen LogP) is 2.58. The molecular formula is C15H16N4O2S2. The fourth-order valence-corrected chi connectivity index (χ4v) is 2.76. The number of nitrogens with zero attached hydrogens (tertiary/aromatic N) is 2. The van der Waals surface area contributed by atoms with Crippen LogP contribution in [0.2, 0.25) is 0 Å². The summed E-state index contributed by atoms with van der Waals surface area (Å²) in [5.41, 5.74) is 4.87. The zero-order chi connectivity index (χ0) is 16.3. The zero-order valence-electron chi connectivity index (χ0n) is 12.3. The highest BCUT2D eigenvalue weighted by Crippen LogP contribution is 2.05. The SMILES string of the molecule is O=C(CCCC(=O)N/N=C\c1cccs1)N/N=C\c1cccs1. The standard InChI is InChI=1S/C15H16N4O2S2/c20-14(18-16-10-12-4-2-8-22-12)6-1-7-15(21)19-17-11-13-5-3-9-23-13/h2-5,8-11H,1,6-7H2,(H,18,20)(H,19,21)/b16-10-,17-11-. The maximum atomic E-state index is 11.5. The molecule has 0 aliphatic carbocycles. The van der Waals surface area contributed by atoms with Crippen molar-refractivity contribution >= 4 is 46.9 Å². The smallest absolute Gasteiger partial charge is 0.240 e. The van der Waals surface area contributed by atoms with E-state index in [2.05, 4.69) is 21.1 Å². The Morgan fingerprint density at radius 1 is 0.913 bits per heavy atom. The Labute approximate surface area is 141 Å². The normalized spacial score (nSPS) is 11.1. The Balaban J connectivity index is 1.56. The van der Waals surface area contributed by atoms with Crippen molar-refractivity contribution in [3.63, 3.8) is 0 Å². The summed E-state index contributed by atoms with van der Waals surface area (Å²) < 4.78 is 0. The summed E-state index contributed by atoms with van der Waals surface area (Å²) in [7, 11) is 0. The number of rotatable bonds is 8. The summed E-state index contributed by atoms with van der Waals surface area (Å²) >= 11 is 3.07. The monoisotopic (exact) mass is 348 g/mol. The van der Waals surface area contributed by atoms with Crippen LogP contribution in [-0.2, 0) is 9.59 Å². The lowest BCUT2D eigenvalue weighted by Crippen LogP contribution is -2.20. The van der Waals surface area contributed by atoms with Crippen LogP contribution < -0.4 is 10.9 Å². The number of nitrogens with one attached hydrogen (secondary N) is 2. The van der Waals surface area contributed by atoms with E-state index < -0.39 is 0 Å². The molecule has 0 radical (unpaired) electrons. The van der Waals surface area contributed by atoms with Gasteiger partial charge in [0.2, 0.25) is 11.8 Å². The van der Waals surface area contributed by atoms with E-state index in [9.17, 15) is 9.59 Å². The lowest BCUT2D eigenvalue weighted by atomic mass is 10.2. The molecule has 0 atom stereocenters. The number of hydrazone groups is 2. The van der Waals surface area contributed by atoms with Crippen molar-refractivity contribution in [1.82, 2.24) is 10.9 Å². The van der Waals surface area contributed by atoms with Gasteiger partial charge < -0.3 is 0 Å². The van der Waals surface area contributed by atoms with Gasteiger partial charge in [-0.3, -0.25) is 9.59 Å². The third kappa shape index (κ3) is 6.98. The minimum atomic E-state index is -0.215.